The van der Waals surface area contributed by atoms with Crippen LogP contribution in [0.2, 0.25) is 0 Å². The topological polar surface area (TPSA) is 54.0 Å². The van der Waals surface area contributed by atoms with E-state index in [4.69, 9.17) is 0 Å². The van der Waals surface area contributed by atoms with E-state index in [9.17, 15) is 4.79 Å². The van der Waals surface area contributed by atoms with Crippen LogP contribution < -0.4 is 10.6 Å². The highest BCUT2D eigenvalue weighted by Gasteiger charge is 2.18. The molecule has 0 spiro atoms. The van der Waals surface area contributed by atoms with Gasteiger partial charge in [-0.15, -0.1) is 12.4 Å². The van der Waals surface area contributed by atoms with E-state index in [0.29, 0.717) is 10.8 Å². The first kappa shape index (κ1) is 15.0. The summed E-state index contributed by atoms with van der Waals surface area (Å²) in [6, 6.07) is 11.8. The van der Waals surface area contributed by atoms with Gasteiger partial charge in [-0.25, -0.2) is 0 Å². The summed E-state index contributed by atoms with van der Waals surface area (Å²) in [6.07, 6.45) is 0. The lowest BCUT2D eigenvalue weighted by atomic mass is 10.0. The minimum absolute atomic E-state index is 0. The summed E-state index contributed by atoms with van der Waals surface area (Å²) >= 11 is 1.25. The Bertz CT molecular complexity index is 569. The lowest BCUT2D eigenvalue weighted by Gasteiger charge is -2.26. The highest BCUT2D eigenvalue weighted by molar-refractivity contribution is 7.08. The molecule has 1 amide bonds. The van der Waals surface area contributed by atoms with Crippen molar-refractivity contribution in [3.8, 4) is 11.3 Å². The van der Waals surface area contributed by atoms with Crippen molar-refractivity contribution in [2.45, 2.75) is 0 Å². The molecule has 2 N–H and O–H groups in total. The molecule has 0 atom stereocenters. The van der Waals surface area contributed by atoms with E-state index in [0.717, 1.165) is 30.9 Å². The molecule has 0 radical (unpaired) electrons. The monoisotopic (exact) mass is 309 g/mol. The Labute approximate surface area is 128 Å². The Morgan fingerprint density at radius 2 is 2.10 bits per heavy atom. The fourth-order valence-electron chi connectivity index (χ4n) is 1.94. The first-order valence-electron chi connectivity index (χ1n) is 6.34. The normalized spacial score (nSPS) is 14.2. The zero-order chi connectivity index (χ0) is 13.1. The fraction of sp³-hybridized carbons (Fsp3) is 0.286. The number of rotatable bonds is 4. The lowest BCUT2D eigenvalue weighted by molar-refractivity contribution is 0.0946. The van der Waals surface area contributed by atoms with Gasteiger partial charge in [0.05, 0.1) is 5.69 Å². The van der Waals surface area contributed by atoms with E-state index in [1.807, 2.05) is 36.4 Å². The smallest absolute Gasteiger partial charge is 0.263 e. The molecule has 0 aliphatic carbocycles. The predicted octanol–water partition coefficient (Wildman–Crippen LogP) is 2.18. The molecule has 1 aliphatic rings. The minimum Gasteiger partial charge on any atom is -0.351 e. The van der Waals surface area contributed by atoms with Gasteiger partial charge in [0, 0.05) is 31.1 Å². The Kier molecular flexibility index (Phi) is 5.11. The number of nitrogens with one attached hydrogen (secondary N) is 2. The molecule has 0 bridgehead atoms. The van der Waals surface area contributed by atoms with Crippen LogP contribution in [0.15, 0.2) is 36.4 Å². The van der Waals surface area contributed by atoms with Crippen LogP contribution in [0.5, 0.6) is 0 Å². The van der Waals surface area contributed by atoms with E-state index in [1.54, 1.807) is 0 Å². The molecule has 1 fully saturated rings. The molecule has 0 saturated carbocycles. The number of hydrogen-bond donors (Lipinski definition) is 2. The second kappa shape index (κ2) is 6.83. The lowest BCUT2D eigenvalue weighted by Crippen LogP contribution is -2.48. The Morgan fingerprint density at radius 1 is 1.35 bits per heavy atom. The van der Waals surface area contributed by atoms with Crippen molar-refractivity contribution in [2.75, 3.05) is 19.6 Å². The molecule has 106 valence electrons. The molecular weight excluding hydrogens is 294 g/mol. The minimum atomic E-state index is -0.0217. The number of carbonyl (C=O) groups excluding carboxylic acids is 1. The van der Waals surface area contributed by atoms with E-state index >= 15 is 0 Å². The van der Waals surface area contributed by atoms with Gasteiger partial charge in [0.1, 0.15) is 4.88 Å². The van der Waals surface area contributed by atoms with Gasteiger partial charge in [-0.2, -0.15) is 4.37 Å². The van der Waals surface area contributed by atoms with Crippen molar-refractivity contribution >= 4 is 29.8 Å². The van der Waals surface area contributed by atoms with Crippen LogP contribution in [0.4, 0.5) is 0 Å². The summed E-state index contributed by atoms with van der Waals surface area (Å²) in [4.78, 5) is 12.6. The molecule has 1 aliphatic heterocycles. The standard InChI is InChI=1S/C14H15N3OS.ClH/c18-14(16-9-10-7-15-8-10)13-6-12(17-19-13)11-4-2-1-3-5-11;/h1-6,10,15H,7-9H2,(H,16,18);1H. The Hall–Kier alpha value is -1.43. The first-order chi connectivity index (χ1) is 9.33. The highest BCUT2D eigenvalue weighted by atomic mass is 35.5. The summed E-state index contributed by atoms with van der Waals surface area (Å²) in [6.45, 7) is 2.74. The molecule has 2 heterocycles. The van der Waals surface area contributed by atoms with Crippen LogP contribution in [-0.4, -0.2) is 29.9 Å². The van der Waals surface area contributed by atoms with Gasteiger partial charge in [-0.05, 0) is 17.6 Å². The summed E-state index contributed by atoms with van der Waals surface area (Å²) in [7, 11) is 0. The van der Waals surface area contributed by atoms with Gasteiger partial charge < -0.3 is 10.6 Å². The van der Waals surface area contributed by atoms with Gasteiger partial charge in [0.25, 0.3) is 5.91 Å². The van der Waals surface area contributed by atoms with Crippen molar-refractivity contribution in [3.05, 3.63) is 41.3 Å². The second-order valence-corrected chi connectivity index (χ2v) is 5.48. The van der Waals surface area contributed by atoms with E-state index in [-0.39, 0.29) is 18.3 Å². The zero-order valence-electron chi connectivity index (χ0n) is 10.8. The third-order valence-corrected chi connectivity index (χ3v) is 4.01. The third kappa shape index (κ3) is 3.36. The van der Waals surface area contributed by atoms with E-state index < -0.39 is 0 Å². The van der Waals surface area contributed by atoms with Crippen molar-refractivity contribution in [2.24, 2.45) is 5.92 Å². The average molecular weight is 310 g/mol. The van der Waals surface area contributed by atoms with Crippen LogP contribution in [0.25, 0.3) is 11.3 Å². The predicted molar refractivity (Wildman–Crippen MR) is 83.5 cm³/mol. The molecule has 1 aromatic carbocycles. The molecule has 3 rings (SSSR count). The van der Waals surface area contributed by atoms with Crippen LogP contribution in [0.1, 0.15) is 9.67 Å². The summed E-state index contributed by atoms with van der Waals surface area (Å²) in [5, 5.41) is 6.15. The first-order valence-corrected chi connectivity index (χ1v) is 7.11. The average Bonchev–Trinajstić information content (AvgIpc) is 2.87. The van der Waals surface area contributed by atoms with Crippen LogP contribution in [-0.2, 0) is 0 Å². The maximum absolute atomic E-state index is 12.0. The molecule has 1 aromatic heterocycles. The maximum atomic E-state index is 12.0. The van der Waals surface area contributed by atoms with Crippen molar-refractivity contribution in [1.82, 2.24) is 15.0 Å². The molecule has 0 unspecified atom stereocenters. The van der Waals surface area contributed by atoms with Gasteiger partial charge in [-0.1, -0.05) is 30.3 Å². The number of hydrogen-bond acceptors (Lipinski definition) is 4. The fourth-order valence-corrected chi connectivity index (χ4v) is 2.62. The molecule has 4 nitrogen and oxygen atoms in total. The van der Waals surface area contributed by atoms with E-state index in [2.05, 4.69) is 15.0 Å². The van der Waals surface area contributed by atoms with Crippen LogP contribution >= 0.6 is 23.9 Å². The summed E-state index contributed by atoms with van der Waals surface area (Å²) in [5.41, 5.74) is 1.90. The van der Waals surface area contributed by atoms with Gasteiger partial charge in [0.15, 0.2) is 0 Å². The SMILES string of the molecule is Cl.O=C(NCC1CNC1)c1cc(-c2ccccc2)ns1. The van der Waals surface area contributed by atoms with Crippen molar-refractivity contribution in [3.63, 3.8) is 0 Å². The zero-order valence-corrected chi connectivity index (χ0v) is 12.5. The Morgan fingerprint density at radius 3 is 2.75 bits per heavy atom. The van der Waals surface area contributed by atoms with Gasteiger partial charge >= 0.3 is 0 Å². The number of amides is 1. The molecule has 1 saturated heterocycles. The molecule has 20 heavy (non-hydrogen) atoms. The third-order valence-electron chi connectivity index (χ3n) is 3.22. The van der Waals surface area contributed by atoms with Crippen molar-refractivity contribution in [1.29, 1.82) is 0 Å². The maximum Gasteiger partial charge on any atom is 0.263 e. The molecule has 6 heteroatoms. The molecular formula is C14H16ClN3OS. The summed E-state index contributed by atoms with van der Waals surface area (Å²) < 4.78 is 4.34. The van der Waals surface area contributed by atoms with Crippen molar-refractivity contribution < 1.29 is 4.79 Å². The van der Waals surface area contributed by atoms with Gasteiger partial charge in [-0.3, -0.25) is 4.79 Å². The molecule has 2 aromatic rings. The summed E-state index contributed by atoms with van der Waals surface area (Å²) in [5.74, 6) is 0.553. The number of carbonyl (C=O) groups is 1. The quantitative estimate of drug-likeness (QED) is 0.910. The number of nitrogens with zero attached hydrogens (tertiary/aromatic N) is 1. The van der Waals surface area contributed by atoms with Gasteiger partial charge in [0.2, 0.25) is 0 Å². The van der Waals surface area contributed by atoms with Crippen LogP contribution in [0.3, 0.4) is 0 Å². The van der Waals surface area contributed by atoms with E-state index in [1.165, 1.54) is 11.5 Å². The Balaban J connectivity index is 0.00000147. The number of benzene rings is 1. The van der Waals surface area contributed by atoms with Crippen LogP contribution in [0, 0.1) is 5.92 Å². The number of halogens is 1. The second-order valence-electron chi connectivity index (χ2n) is 4.68. The largest absolute Gasteiger partial charge is 0.351 e. The highest BCUT2D eigenvalue weighted by Crippen LogP contribution is 2.21. The number of aromatic nitrogens is 1.